The first kappa shape index (κ1) is 13.9. The molecule has 0 atom stereocenters. The van der Waals surface area contributed by atoms with E-state index in [1.807, 2.05) is 12.1 Å². The second-order valence-electron chi connectivity index (χ2n) is 6.18. The maximum absolute atomic E-state index is 8.97. The van der Waals surface area contributed by atoms with Gasteiger partial charge in [-0.15, -0.1) is 6.58 Å². The van der Waals surface area contributed by atoms with Gasteiger partial charge in [0, 0.05) is 0 Å². The summed E-state index contributed by atoms with van der Waals surface area (Å²) in [7, 11) is 0. The molecular weight excluding hydrogens is 254 g/mol. The van der Waals surface area contributed by atoms with Crippen LogP contribution in [0, 0.1) is 17.2 Å². The Kier molecular flexibility index (Phi) is 4.06. The zero-order valence-electron chi connectivity index (χ0n) is 12.4. The predicted octanol–water partition coefficient (Wildman–Crippen LogP) is 5.56. The summed E-state index contributed by atoms with van der Waals surface area (Å²) in [6.45, 7) is 3.86. The molecule has 2 aromatic carbocycles. The van der Waals surface area contributed by atoms with E-state index in [-0.39, 0.29) is 0 Å². The quantitative estimate of drug-likeness (QED) is 0.672. The summed E-state index contributed by atoms with van der Waals surface area (Å²) in [5.74, 6) is 1.54. The van der Waals surface area contributed by atoms with Gasteiger partial charge in [-0.2, -0.15) is 5.26 Å². The van der Waals surface area contributed by atoms with E-state index in [4.69, 9.17) is 5.26 Å². The largest absolute Gasteiger partial charge is 0.192 e. The highest BCUT2D eigenvalue weighted by molar-refractivity contribution is 5.84. The van der Waals surface area contributed by atoms with Crippen molar-refractivity contribution >= 4 is 10.8 Å². The van der Waals surface area contributed by atoms with Crippen molar-refractivity contribution in [1.29, 1.82) is 5.26 Å². The van der Waals surface area contributed by atoms with Gasteiger partial charge in [0.1, 0.15) is 0 Å². The van der Waals surface area contributed by atoms with E-state index in [1.54, 1.807) is 0 Å². The molecule has 0 radical (unpaired) electrons. The first-order valence-electron chi connectivity index (χ1n) is 7.85. The number of rotatable bonds is 3. The average Bonchev–Trinajstić information content (AvgIpc) is 2.55. The van der Waals surface area contributed by atoms with Crippen molar-refractivity contribution in [3.63, 3.8) is 0 Å². The number of hydrogen-bond donors (Lipinski definition) is 0. The number of fused-ring (bicyclic) bond motifs is 1. The van der Waals surface area contributed by atoms with Crippen LogP contribution in [-0.4, -0.2) is 0 Å². The molecule has 1 fully saturated rings. The van der Waals surface area contributed by atoms with Crippen LogP contribution in [0.4, 0.5) is 0 Å². The van der Waals surface area contributed by atoms with Crippen LogP contribution in [-0.2, 0) is 0 Å². The van der Waals surface area contributed by atoms with Crippen molar-refractivity contribution in [2.75, 3.05) is 0 Å². The van der Waals surface area contributed by atoms with Crippen molar-refractivity contribution in [2.45, 2.75) is 38.0 Å². The third kappa shape index (κ3) is 3.00. The zero-order valence-corrected chi connectivity index (χ0v) is 12.4. The summed E-state index contributed by atoms with van der Waals surface area (Å²) in [5.41, 5.74) is 2.20. The van der Waals surface area contributed by atoms with Gasteiger partial charge in [0.25, 0.3) is 0 Å². The first-order valence-corrected chi connectivity index (χ1v) is 7.85. The molecule has 0 saturated heterocycles. The molecule has 0 unspecified atom stereocenters. The van der Waals surface area contributed by atoms with Crippen molar-refractivity contribution in [2.24, 2.45) is 5.92 Å². The first-order chi connectivity index (χ1) is 10.3. The number of nitriles is 1. The lowest BCUT2D eigenvalue weighted by Gasteiger charge is -2.28. The van der Waals surface area contributed by atoms with Crippen LogP contribution in [0.5, 0.6) is 0 Å². The van der Waals surface area contributed by atoms with E-state index in [0.29, 0.717) is 5.92 Å². The lowest BCUT2D eigenvalue weighted by molar-refractivity contribution is 0.328. The Balaban J connectivity index is 1.79. The van der Waals surface area contributed by atoms with Gasteiger partial charge in [-0.1, -0.05) is 30.3 Å². The minimum Gasteiger partial charge on any atom is -0.192 e. The maximum Gasteiger partial charge on any atom is 0.0991 e. The smallest absolute Gasteiger partial charge is 0.0991 e. The topological polar surface area (TPSA) is 23.8 Å². The molecule has 1 aliphatic carbocycles. The fraction of sp³-hybridized carbons (Fsp3) is 0.350. The van der Waals surface area contributed by atoms with Crippen molar-refractivity contribution in [3.8, 4) is 6.07 Å². The van der Waals surface area contributed by atoms with Gasteiger partial charge in [0.15, 0.2) is 0 Å². The van der Waals surface area contributed by atoms with Crippen LogP contribution < -0.4 is 0 Å². The number of benzene rings is 2. The molecule has 1 heteroatoms. The van der Waals surface area contributed by atoms with E-state index in [9.17, 15) is 0 Å². The molecule has 2 aromatic rings. The highest BCUT2D eigenvalue weighted by Gasteiger charge is 2.21. The fourth-order valence-corrected chi connectivity index (χ4v) is 3.55. The molecule has 106 valence electrons. The molecule has 0 spiro atoms. The average molecular weight is 275 g/mol. The second kappa shape index (κ2) is 6.14. The Bertz CT molecular complexity index is 685. The van der Waals surface area contributed by atoms with Crippen molar-refractivity contribution < 1.29 is 0 Å². The number of hydrogen-bond acceptors (Lipinski definition) is 1. The highest BCUT2D eigenvalue weighted by atomic mass is 14.3. The minimum atomic E-state index is 0.700. The Morgan fingerprint density at radius 1 is 1.05 bits per heavy atom. The molecule has 0 heterocycles. The van der Waals surface area contributed by atoms with Crippen LogP contribution in [0.25, 0.3) is 10.8 Å². The van der Waals surface area contributed by atoms with Crippen LogP contribution in [0.3, 0.4) is 0 Å². The molecule has 0 aliphatic heterocycles. The molecule has 1 saturated carbocycles. The van der Waals surface area contributed by atoms with Crippen LogP contribution in [0.2, 0.25) is 0 Å². The standard InChI is InChI=1S/C20H21N/c1-2-3-15-4-7-17(8-5-15)19-11-10-18-12-16(14-21)6-9-20(18)13-19/h2,6,9-13,15,17H,1,3-5,7-8H2/t15-,17-. The van der Waals surface area contributed by atoms with Gasteiger partial charge in [-0.05, 0) is 72.4 Å². The molecule has 1 aliphatic rings. The molecule has 21 heavy (non-hydrogen) atoms. The SMILES string of the molecule is C=CC[C@H]1CC[C@H](c2ccc3cc(C#N)ccc3c2)CC1. The monoisotopic (exact) mass is 275 g/mol. The Morgan fingerprint density at radius 2 is 1.76 bits per heavy atom. The summed E-state index contributed by atoms with van der Waals surface area (Å²) >= 11 is 0. The summed E-state index contributed by atoms with van der Waals surface area (Å²) in [6.07, 6.45) is 8.46. The van der Waals surface area contributed by atoms with Crippen LogP contribution >= 0.6 is 0 Å². The third-order valence-corrected chi connectivity index (χ3v) is 4.81. The van der Waals surface area contributed by atoms with Gasteiger partial charge in [0.05, 0.1) is 11.6 Å². The van der Waals surface area contributed by atoms with E-state index in [2.05, 4.69) is 43.0 Å². The number of allylic oxidation sites excluding steroid dienone is 1. The summed E-state index contributed by atoms with van der Waals surface area (Å²) in [6, 6.07) is 14.9. The lowest BCUT2D eigenvalue weighted by atomic mass is 9.77. The fourth-order valence-electron chi connectivity index (χ4n) is 3.55. The molecule has 0 bridgehead atoms. The predicted molar refractivity (Wildman–Crippen MR) is 88.2 cm³/mol. The third-order valence-electron chi connectivity index (χ3n) is 4.81. The van der Waals surface area contributed by atoms with Gasteiger partial charge in [0.2, 0.25) is 0 Å². The summed E-state index contributed by atoms with van der Waals surface area (Å²) < 4.78 is 0. The molecule has 0 aromatic heterocycles. The Morgan fingerprint density at radius 3 is 2.48 bits per heavy atom. The molecular formula is C20H21N. The van der Waals surface area contributed by atoms with E-state index in [1.165, 1.54) is 43.1 Å². The van der Waals surface area contributed by atoms with Crippen LogP contribution in [0.1, 0.15) is 49.1 Å². The molecule has 3 rings (SSSR count). The van der Waals surface area contributed by atoms with E-state index in [0.717, 1.165) is 16.9 Å². The molecule has 0 N–H and O–H groups in total. The highest BCUT2D eigenvalue weighted by Crippen LogP contribution is 2.38. The zero-order chi connectivity index (χ0) is 14.7. The second-order valence-corrected chi connectivity index (χ2v) is 6.18. The van der Waals surface area contributed by atoms with E-state index >= 15 is 0 Å². The Labute approximate surface area is 126 Å². The van der Waals surface area contributed by atoms with Crippen LogP contribution in [0.15, 0.2) is 49.1 Å². The maximum atomic E-state index is 8.97. The normalized spacial score (nSPS) is 21.9. The van der Waals surface area contributed by atoms with Crippen molar-refractivity contribution in [1.82, 2.24) is 0 Å². The van der Waals surface area contributed by atoms with Gasteiger partial charge in [-0.3, -0.25) is 0 Å². The summed E-state index contributed by atoms with van der Waals surface area (Å²) in [4.78, 5) is 0. The molecule has 1 nitrogen and oxygen atoms in total. The number of nitrogens with zero attached hydrogens (tertiary/aromatic N) is 1. The summed E-state index contributed by atoms with van der Waals surface area (Å²) in [5, 5.41) is 11.4. The van der Waals surface area contributed by atoms with Gasteiger partial charge in [-0.25, -0.2) is 0 Å². The lowest BCUT2D eigenvalue weighted by Crippen LogP contribution is -2.12. The Hall–Kier alpha value is -2.07. The molecule has 0 amide bonds. The van der Waals surface area contributed by atoms with Gasteiger partial charge < -0.3 is 0 Å². The van der Waals surface area contributed by atoms with E-state index < -0.39 is 0 Å². The minimum absolute atomic E-state index is 0.700. The van der Waals surface area contributed by atoms with Gasteiger partial charge >= 0.3 is 0 Å². The van der Waals surface area contributed by atoms with Crippen molar-refractivity contribution in [3.05, 3.63) is 60.2 Å².